The molecule has 0 aliphatic carbocycles. The van der Waals surface area contributed by atoms with Crippen molar-refractivity contribution in [3.05, 3.63) is 58.6 Å². The lowest BCUT2D eigenvalue weighted by atomic mass is 10.1. The highest BCUT2D eigenvalue weighted by atomic mass is 79.9. The minimum atomic E-state index is -4.12. The predicted molar refractivity (Wildman–Crippen MR) is 97.0 cm³/mol. The van der Waals surface area contributed by atoms with Gasteiger partial charge in [-0.1, -0.05) is 41.4 Å². The van der Waals surface area contributed by atoms with E-state index in [1.807, 2.05) is 37.3 Å². The monoisotopic (exact) mass is 398 g/mol. The lowest BCUT2D eigenvalue weighted by Crippen LogP contribution is -2.13. The molecule has 0 saturated heterocycles. The molecule has 0 aliphatic rings. The molecule has 0 aromatic heterocycles. The van der Waals surface area contributed by atoms with E-state index < -0.39 is 15.4 Å². The maximum absolute atomic E-state index is 11.6. The van der Waals surface area contributed by atoms with E-state index >= 15 is 0 Å². The number of rotatable bonds is 7. The van der Waals surface area contributed by atoms with Crippen molar-refractivity contribution in [3.63, 3.8) is 0 Å². The van der Waals surface area contributed by atoms with Crippen molar-refractivity contribution in [2.24, 2.45) is 0 Å². The minimum absolute atomic E-state index is 0.377. The number of hydrazine groups is 1. The van der Waals surface area contributed by atoms with Gasteiger partial charge in [-0.3, -0.25) is 4.55 Å². The van der Waals surface area contributed by atoms with Crippen molar-refractivity contribution >= 4 is 37.4 Å². The summed E-state index contributed by atoms with van der Waals surface area (Å²) in [4.78, 5) is 0. The Morgan fingerprint density at radius 3 is 2.35 bits per heavy atom. The Bertz CT molecular complexity index is 748. The molecule has 5 nitrogen and oxygen atoms in total. The van der Waals surface area contributed by atoms with Crippen LogP contribution in [0.1, 0.15) is 30.6 Å². The number of benzene rings is 2. The third-order valence-corrected chi connectivity index (χ3v) is 5.12. The maximum atomic E-state index is 11.6. The van der Waals surface area contributed by atoms with Crippen molar-refractivity contribution < 1.29 is 13.0 Å². The standard InChI is InChI=1S/C16H19BrN2O3S/c1-2-4-16(23(20,21)22)12-5-3-6-15(11-12)19-18-14-9-7-13(17)8-10-14/h3,5-11,16,18-19H,2,4H2,1H3,(H,20,21,22). The van der Waals surface area contributed by atoms with Crippen LogP contribution in [0.25, 0.3) is 0 Å². The average Bonchev–Trinajstić information content (AvgIpc) is 2.51. The highest BCUT2D eigenvalue weighted by Crippen LogP contribution is 2.28. The molecule has 124 valence electrons. The predicted octanol–water partition coefficient (Wildman–Crippen LogP) is 4.62. The summed E-state index contributed by atoms with van der Waals surface area (Å²) in [6, 6.07) is 14.6. The second-order valence-electron chi connectivity index (χ2n) is 5.17. The van der Waals surface area contributed by atoms with Gasteiger partial charge in [0.2, 0.25) is 0 Å². The second kappa shape index (κ2) is 7.81. The van der Waals surface area contributed by atoms with Crippen LogP contribution < -0.4 is 10.9 Å². The summed E-state index contributed by atoms with van der Waals surface area (Å²) in [5, 5.41) is -0.901. The summed E-state index contributed by atoms with van der Waals surface area (Å²) in [6.07, 6.45) is 1.04. The largest absolute Gasteiger partial charge is 0.301 e. The molecule has 23 heavy (non-hydrogen) atoms. The third-order valence-electron chi connectivity index (χ3n) is 3.36. The van der Waals surface area contributed by atoms with E-state index in [0.717, 1.165) is 15.8 Å². The molecule has 3 N–H and O–H groups in total. The van der Waals surface area contributed by atoms with Crippen molar-refractivity contribution in [2.45, 2.75) is 25.0 Å². The van der Waals surface area contributed by atoms with E-state index in [9.17, 15) is 13.0 Å². The molecule has 1 unspecified atom stereocenters. The van der Waals surface area contributed by atoms with Crippen molar-refractivity contribution in [1.29, 1.82) is 0 Å². The molecule has 0 heterocycles. The Kier molecular flexibility index (Phi) is 6.04. The number of hydrogen-bond donors (Lipinski definition) is 3. The van der Waals surface area contributed by atoms with Crippen LogP contribution >= 0.6 is 15.9 Å². The van der Waals surface area contributed by atoms with Gasteiger partial charge in [0.15, 0.2) is 0 Å². The van der Waals surface area contributed by atoms with Gasteiger partial charge in [-0.05, 0) is 48.4 Å². The number of hydrogen-bond acceptors (Lipinski definition) is 4. The lowest BCUT2D eigenvalue weighted by molar-refractivity contribution is 0.463. The molecule has 7 heteroatoms. The van der Waals surface area contributed by atoms with Crippen LogP contribution in [0.5, 0.6) is 0 Å². The average molecular weight is 399 g/mol. The maximum Gasteiger partial charge on any atom is 0.271 e. The topological polar surface area (TPSA) is 78.4 Å². The van der Waals surface area contributed by atoms with Gasteiger partial charge < -0.3 is 10.9 Å². The van der Waals surface area contributed by atoms with Gasteiger partial charge in [0.25, 0.3) is 10.1 Å². The lowest BCUT2D eigenvalue weighted by Gasteiger charge is -2.16. The Balaban J connectivity index is 2.14. The quantitative estimate of drug-likeness (QED) is 0.468. The van der Waals surface area contributed by atoms with Gasteiger partial charge in [0, 0.05) is 4.47 Å². The molecule has 0 amide bonds. The number of halogens is 1. The summed E-state index contributed by atoms with van der Waals surface area (Å²) >= 11 is 3.37. The normalized spacial score (nSPS) is 12.7. The number of anilines is 2. The van der Waals surface area contributed by atoms with Crippen LogP contribution in [-0.4, -0.2) is 13.0 Å². The summed E-state index contributed by atoms with van der Waals surface area (Å²) in [5.41, 5.74) is 8.23. The van der Waals surface area contributed by atoms with Crippen LogP contribution in [-0.2, 0) is 10.1 Å². The zero-order chi connectivity index (χ0) is 16.9. The molecule has 0 spiro atoms. The molecule has 0 radical (unpaired) electrons. The number of nitrogens with one attached hydrogen (secondary N) is 2. The molecule has 2 aromatic rings. The Morgan fingerprint density at radius 2 is 1.74 bits per heavy atom. The molecular formula is C16H19BrN2O3S. The zero-order valence-electron chi connectivity index (χ0n) is 12.7. The first kappa shape index (κ1) is 17.8. The fraction of sp³-hybridized carbons (Fsp3) is 0.250. The van der Waals surface area contributed by atoms with E-state index in [2.05, 4.69) is 26.8 Å². The summed E-state index contributed by atoms with van der Waals surface area (Å²) in [7, 11) is -4.12. The molecule has 0 aliphatic heterocycles. The molecule has 0 bridgehead atoms. The first-order chi connectivity index (χ1) is 10.9. The van der Waals surface area contributed by atoms with Crippen LogP contribution in [0.3, 0.4) is 0 Å². The first-order valence-corrected chi connectivity index (χ1v) is 9.53. The molecule has 2 rings (SSSR count). The van der Waals surface area contributed by atoms with E-state index in [1.165, 1.54) is 0 Å². The summed E-state index contributed by atoms with van der Waals surface area (Å²) < 4.78 is 33.5. The van der Waals surface area contributed by atoms with Gasteiger partial charge in [0.1, 0.15) is 5.25 Å². The van der Waals surface area contributed by atoms with E-state index in [4.69, 9.17) is 0 Å². The Hall–Kier alpha value is -1.57. The van der Waals surface area contributed by atoms with Crippen LogP contribution in [0.15, 0.2) is 53.0 Å². The smallest absolute Gasteiger partial charge is 0.271 e. The van der Waals surface area contributed by atoms with Crippen molar-refractivity contribution in [2.75, 3.05) is 10.9 Å². The van der Waals surface area contributed by atoms with Gasteiger partial charge in [-0.15, -0.1) is 0 Å². The second-order valence-corrected chi connectivity index (χ2v) is 7.69. The van der Waals surface area contributed by atoms with Crippen LogP contribution in [0.2, 0.25) is 0 Å². The first-order valence-electron chi connectivity index (χ1n) is 7.24. The van der Waals surface area contributed by atoms with Crippen LogP contribution in [0.4, 0.5) is 11.4 Å². The fourth-order valence-corrected chi connectivity index (χ4v) is 3.53. The van der Waals surface area contributed by atoms with Gasteiger partial charge in [0.05, 0.1) is 11.4 Å². The molecule has 0 saturated carbocycles. The zero-order valence-corrected chi connectivity index (χ0v) is 15.1. The van der Waals surface area contributed by atoms with Gasteiger partial charge in [-0.25, -0.2) is 0 Å². The minimum Gasteiger partial charge on any atom is -0.301 e. The third kappa shape index (κ3) is 5.23. The molecule has 0 fully saturated rings. The summed E-state index contributed by atoms with van der Waals surface area (Å²) in [5.74, 6) is 0. The Morgan fingerprint density at radius 1 is 1.09 bits per heavy atom. The fourth-order valence-electron chi connectivity index (χ4n) is 2.24. The van der Waals surface area contributed by atoms with E-state index in [0.29, 0.717) is 18.4 Å². The molecular weight excluding hydrogens is 380 g/mol. The van der Waals surface area contributed by atoms with Gasteiger partial charge >= 0.3 is 0 Å². The van der Waals surface area contributed by atoms with E-state index in [1.54, 1.807) is 18.2 Å². The highest BCUT2D eigenvalue weighted by molar-refractivity contribution is 9.10. The highest BCUT2D eigenvalue weighted by Gasteiger charge is 2.24. The van der Waals surface area contributed by atoms with Crippen molar-refractivity contribution in [1.82, 2.24) is 0 Å². The Labute approximate surface area is 145 Å². The molecule has 1 atom stereocenters. The molecule has 2 aromatic carbocycles. The SMILES string of the molecule is CCCC(c1cccc(NNc2ccc(Br)cc2)c1)S(=O)(=O)O. The van der Waals surface area contributed by atoms with Crippen LogP contribution in [0, 0.1) is 0 Å². The summed E-state index contributed by atoms with van der Waals surface area (Å²) in [6.45, 7) is 1.88. The van der Waals surface area contributed by atoms with E-state index in [-0.39, 0.29) is 0 Å². The van der Waals surface area contributed by atoms with Crippen molar-refractivity contribution in [3.8, 4) is 0 Å². The van der Waals surface area contributed by atoms with Gasteiger partial charge in [-0.2, -0.15) is 8.42 Å².